The summed E-state index contributed by atoms with van der Waals surface area (Å²) in [7, 11) is 0. The highest BCUT2D eigenvalue weighted by atomic mass is 16.4. The van der Waals surface area contributed by atoms with Gasteiger partial charge in [0, 0.05) is 18.1 Å². The van der Waals surface area contributed by atoms with E-state index in [1.807, 2.05) is 6.92 Å². The summed E-state index contributed by atoms with van der Waals surface area (Å²) in [5.41, 5.74) is 2.11. The van der Waals surface area contributed by atoms with E-state index in [1.165, 1.54) is 0 Å². The Morgan fingerprint density at radius 3 is 2.94 bits per heavy atom. The molecule has 5 nitrogen and oxygen atoms in total. The largest absolute Gasteiger partial charge is 0.478 e. The van der Waals surface area contributed by atoms with E-state index < -0.39 is 5.97 Å². The van der Waals surface area contributed by atoms with Gasteiger partial charge < -0.3 is 15.4 Å². The van der Waals surface area contributed by atoms with Crippen LogP contribution in [0.15, 0.2) is 30.6 Å². The van der Waals surface area contributed by atoms with Crippen LogP contribution in [0.4, 0.5) is 5.69 Å². The zero-order valence-electron chi connectivity index (χ0n) is 9.40. The van der Waals surface area contributed by atoms with Crippen LogP contribution in [0.25, 0.3) is 0 Å². The highest BCUT2D eigenvalue weighted by Crippen LogP contribution is 2.17. The van der Waals surface area contributed by atoms with Crippen molar-refractivity contribution in [1.29, 1.82) is 0 Å². The first kappa shape index (κ1) is 11.2. The average Bonchev–Trinajstić information content (AvgIpc) is 2.80. The maximum atomic E-state index is 10.8. The summed E-state index contributed by atoms with van der Waals surface area (Å²) in [6, 6.07) is 4.99. The van der Waals surface area contributed by atoms with Crippen molar-refractivity contribution in [3.05, 3.63) is 47.5 Å². The van der Waals surface area contributed by atoms with Crippen LogP contribution in [0.3, 0.4) is 0 Å². The first-order valence-electron chi connectivity index (χ1n) is 5.23. The molecule has 2 rings (SSSR count). The summed E-state index contributed by atoms with van der Waals surface area (Å²) < 4.78 is 0. The summed E-state index contributed by atoms with van der Waals surface area (Å²) >= 11 is 0. The maximum Gasteiger partial charge on any atom is 0.335 e. The average molecular weight is 231 g/mol. The Balaban J connectivity index is 2.09. The fraction of sp³-hybridized carbons (Fsp3) is 0.167. The van der Waals surface area contributed by atoms with Crippen molar-refractivity contribution in [2.75, 3.05) is 5.32 Å². The molecule has 3 N–H and O–H groups in total. The van der Waals surface area contributed by atoms with E-state index in [-0.39, 0.29) is 0 Å². The molecular formula is C12H13N3O2. The van der Waals surface area contributed by atoms with E-state index in [0.717, 1.165) is 17.1 Å². The molecule has 0 bridgehead atoms. The van der Waals surface area contributed by atoms with Gasteiger partial charge in [0.15, 0.2) is 0 Å². The number of nitrogens with one attached hydrogen (secondary N) is 2. The van der Waals surface area contributed by atoms with E-state index >= 15 is 0 Å². The molecule has 5 heteroatoms. The molecule has 0 atom stereocenters. The number of carboxylic acid groups (broad SMARTS) is 1. The number of aromatic nitrogens is 2. The Morgan fingerprint density at radius 2 is 2.35 bits per heavy atom. The van der Waals surface area contributed by atoms with Gasteiger partial charge in [0.25, 0.3) is 0 Å². The van der Waals surface area contributed by atoms with Crippen molar-refractivity contribution in [1.82, 2.24) is 9.97 Å². The number of H-pyrrole nitrogens is 1. The second kappa shape index (κ2) is 4.69. The van der Waals surface area contributed by atoms with Crippen LogP contribution in [0.5, 0.6) is 0 Å². The molecule has 0 saturated carbocycles. The minimum absolute atomic E-state index is 0.297. The highest BCUT2D eigenvalue weighted by Gasteiger charge is 2.05. The molecule has 0 aliphatic rings. The summed E-state index contributed by atoms with van der Waals surface area (Å²) in [6.45, 7) is 2.46. The summed E-state index contributed by atoms with van der Waals surface area (Å²) in [4.78, 5) is 17.9. The summed E-state index contributed by atoms with van der Waals surface area (Å²) in [5.74, 6) is -0.0719. The molecule has 17 heavy (non-hydrogen) atoms. The van der Waals surface area contributed by atoms with Gasteiger partial charge in [-0.3, -0.25) is 0 Å². The van der Waals surface area contributed by atoms with Crippen molar-refractivity contribution in [3.8, 4) is 0 Å². The van der Waals surface area contributed by atoms with E-state index in [9.17, 15) is 4.79 Å². The fourth-order valence-corrected chi connectivity index (χ4v) is 1.57. The Hall–Kier alpha value is -2.30. The van der Waals surface area contributed by atoms with Crippen LogP contribution in [-0.2, 0) is 6.54 Å². The van der Waals surface area contributed by atoms with Gasteiger partial charge in [-0.05, 0) is 30.7 Å². The number of imidazole rings is 1. The number of anilines is 1. The Labute approximate surface area is 98.5 Å². The van der Waals surface area contributed by atoms with Crippen molar-refractivity contribution >= 4 is 11.7 Å². The van der Waals surface area contributed by atoms with Gasteiger partial charge in [-0.15, -0.1) is 0 Å². The number of aromatic amines is 1. The van der Waals surface area contributed by atoms with Crippen LogP contribution in [0.2, 0.25) is 0 Å². The van der Waals surface area contributed by atoms with Crippen LogP contribution in [0.1, 0.15) is 21.7 Å². The molecule has 0 aliphatic carbocycles. The molecule has 0 spiro atoms. The van der Waals surface area contributed by atoms with Crippen molar-refractivity contribution in [3.63, 3.8) is 0 Å². The van der Waals surface area contributed by atoms with Crippen LogP contribution in [0, 0.1) is 6.92 Å². The fourth-order valence-electron chi connectivity index (χ4n) is 1.57. The number of rotatable bonds is 4. The maximum absolute atomic E-state index is 10.8. The lowest BCUT2D eigenvalue weighted by Crippen LogP contribution is -2.04. The number of nitrogens with zero attached hydrogens (tertiary/aromatic N) is 1. The third-order valence-electron chi connectivity index (χ3n) is 2.47. The Bertz CT molecular complexity index is 521. The van der Waals surface area contributed by atoms with Crippen molar-refractivity contribution in [2.45, 2.75) is 13.5 Å². The topological polar surface area (TPSA) is 78.0 Å². The minimum atomic E-state index is -0.911. The Kier molecular flexibility index (Phi) is 3.09. The number of aryl methyl sites for hydroxylation is 1. The SMILES string of the molecule is Cc1cc(C(=O)O)ccc1NCc1ncc[nH]1. The van der Waals surface area contributed by atoms with Gasteiger partial charge >= 0.3 is 5.97 Å². The molecule has 0 amide bonds. The minimum Gasteiger partial charge on any atom is -0.478 e. The third-order valence-corrected chi connectivity index (χ3v) is 2.47. The van der Waals surface area contributed by atoms with Gasteiger partial charge in [0.2, 0.25) is 0 Å². The first-order valence-corrected chi connectivity index (χ1v) is 5.23. The highest BCUT2D eigenvalue weighted by molar-refractivity contribution is 5.88. The van der Waals surface area contributed by atoms with Crippen molar-refractivity contribution < 1.29 is 9.90 Å². The van der Waals surface area contributed by atoms with Gasteiger partial charge in [0.1, 0.15) is 5.82 Å². The quantitative estimate of drug-likeness (QED) is 0.752. The van der Waals surface area contributed by atoms with Gasteiger partial charge in [-0.25, -0.2) is 9.78 Å². The number of hydrogen-bond donors (Lipinski definition) is 3. The second-order valence-electron chi connectivity index (χ2n) is 3.72. The molecule has 0 fully saturated rings. The van der Waals surface area contributed by atoms with E-state index in [1.54, 1.807) is 30.6 Å². The smallest absolute Gasteiger partial charge is 0.335 e. The van der Waals surface area contributed by atoms with Crippen LogP contribution >= 0.6 is 0 Å². The number of carbonyl (C=O) groups is 1. The lowest BCUT2D eigenvalue weighted by Gasteiger charge is -2.08. The molecule has 88 valence electrons. The molecular weight excluding hydrogens is 218 g/mol. The molecule has 2 aromatic rings. The monoisotopic (exact) mass is 231 g/mol. The molecule has 1 aromatic carbocycles. The van der Waals surface area contributed by atoms with Crippen LogP contribution in [-0.4, -0.2) is 21.0 Å². The number of aromatic carboxylic acids is 1. The lowest BCUT2D eigenvalue weighted by molar-refractivity contribution is 0.0697. The molecule has 1 heterocycles. The van der Waals surface area contributed by atoms with E-state index in [0.29, 0.717) is 12.1 Å². The van der Waals surface area contributed by atoms with E-state index in [4.69, 9.17) is 5.11 Å². The zero-order chi connectivity index (χ0) is 12.3. The number of benzene rings is 1. The summed E-state index contributed by atoms with van der Waals surface area (Å²) in [6.07, 6.45) is 3.45. The zero-order valence-corrected chi connectivity index (χ0v) is 9.40. The Morgan fingerprint density at radius 1 is 1.53 bits per heavy atom. The first-order chi connectivity index (χ1) is 8.16. The normalized spacial score (nSPS) is 10.2. The summed E-state index contributed by atoms with van der Waals surface area (Å²) in [5, 5.41) is 12.0. The predicted octanol–water partition coefficient (Wildman–Crippen LogP) is 2.03. The van der Waals surface area contributed by atoms with Gasteiger partial charge in [0.05, 0.1) is 12.1 Å². The van der Waals surface area contributed by atoms with Crippen molar-refractivity contribution in [2.24, 2.45) is 0 Å². The molecule has 1 aromatic heterocycles. The van der Waals surface area contributed by atoms with Gasteiger partial charge in [-0.1, -0.05) is 0 Å². The predicted molar refractivity (Wildman–Crippen MR) is 64.1 cm³/mol. The third kappa shape index (κ3) is 2.63. The molecule has 0 unspecified atom stereocenters. The van der Waals surface area contributed by atoms with E-state index in [2.05, 4.69) is 15.3 Å². The van der Waals surface area contributed by atoms with Gasteiger partial charge in [-0.2, -0.15) is 0 Å². The standard InChI is InChI=1S/C12H13N3O2/c1-8-6-9(12(16)17)2-3-10(8)15-7-11-13-4-5-14-11/h2-6,15H,7H2,1H3,(H,13,14)(H,16,17). The molecule has 0 saturated heterocycles. The second-order valence-corrected chi connectivity index (χ2v) is 3.72. The number of carboxylic acids is 1. The molecule has 0 radical (unpaired) electrons. The number of hydrogen-bond acceptors (Lipinski definition) is 3. The molecule has 0 aliphatic heterocycles. The van der Waals surface area contributed by atoms with Crippen LogP contribution < -0.4 is 5.32 Å². The lowest BCUT2D eigenvalue weighted by atomic mass is 10.1.